The molecule has 0 spiro atoms. The molecule has 1 aromatic rings. The first-order chi connectivity index (χ1) is 7.10. The summed E-state index contributed by atoms with van der Waals surface area (Å²) in [5.41, 5.74) is -0.107. The highest BCUT2D eigenvalue weighted by molar-refractivity contribution is 5.93. The molecular weight excluding hydrogens is 202 g/mol. The summed E-state index contributed by atoms with van der Waals surface area (Å²) >= 11 is 0. The molecule has 0 atom stereocenters. The van der Waals surface area contributed by atoms with E-state index in [1.807, 2.05) is 0 Å². The zero-order valence-corrected chi connectivity index (χ0v) is 8.18. The van der Waals surface area contributed by atoms with E-state index in [1.54, 1.807) is 0 Å². The van der Waals surface area contributed by atoms with Gasteiger partial charge in [-0.3, -0.25) is 0 Å². The monoisotopic (exact) mass is 211 g/mol. The van der Waals surface area contributed by atoms with Crippen LogP contribution in [0, 0.1) is 0 Å². The van der Waals surface area contributed by atoms with E-state index in [9.17, 15) is 9.59 Å². The number of methoxy groups -OCH3 is 2. The van der Waals surface area contributed by atoms with Gasteiger partial charge in [0.2, 0.25) is 0 Å². The Labute approximate surface area is 85.5 Å². The normalized spacial score (nSPS) is 9.47. The van der Waals surface area contributed by atoms with Crippen LogP contribution < -0.4 is 4.74 Å². The Kier molecular flexibility index (Phi) is 3.22. The van der Waals surface area contributed by atoms with Gasteiger partial charge in [-0.2, -0.15) is 0 Å². The number of esters is 1. The lowest BCUT2D eigenvalue weighted by atomic mass is 10.2. The van der Waals surface area contributed by atoms with Gasteiger partial charge in [0.05, 0.1) is 14.2 Å². The van der Waals surface area contributed by atoms with E-state index in [0.717, 1.165) is 6.20 Å². The highest BCUT2D eigenvalue weighted by atomic mass is 16.5. The summed E-state index contributed by atoms with van der Waals surface area (Å²) in [7, 11) is 2.52. The van der Waals surface area contributed by atoms with E-state index < -0.39 is 11.9 Å². The van der Waals surface area contributed by atoms with Gasteiger partial charge in [-0.15, -0.1) is 0 Å². The number of pyridine rings is 1. The van der Waals surface area contributed by atoms with Crippen LogP contribution in [-0.2, 0) is 4.74 Å². The Bertz CT molecular complexity index is 401. The van der Waals surface area contributed by atoms with Crippen LogP contribution in [0.2, 0.25) is 0 Å². The number of ether oxygens (including phenoxy) is 2. The largest absolute Gasteiger partial charge is 0.496 e. The number of nitrogens with zero attached hydrogens (tertiary/aromatic N) is 1. The number of carbonyl (C=O) groups excluding carboxylic acids is 1. The first-order valence-corrected chi connectivity index (χ1v) is 3.95. The topological polar surface area (TPSA) is 85.7 Å². The fraction of sp³-hybridized carbons (Fsp3) is 0.222. The minimum Gasteiger partial charge on any atom is -0.496 e. The SMILES string of the molecule is COC(=O)c1cc(OC)c(C(=O)O)cn1. The van der Waals surface area contributed by atoms with Gasteiger partial charge < -0.3 is 14.6 Å². The van der Waals surface area contributed by atoms with Crippen molar-refractivity contribution in [1.29, 1.82) is 0 Å². The fourth-order valence-electron chi connectivity index (χ4n) is 0.983. The quantitative estimate of drug-likeness (QED) is 0.736. The number of aromatic carboxylic acids is 1. The van der Waals surface area contributed by atoms with E-state index in [1.165, 1.54) is 20.3 Å². The molecule has 0 unspecified atom stereocenters. The van der Waals surface area contributed by atoms with Crippen molar-refractivity contribution in [1.82, 2.24) is 4.98 Å². The highest BCUT2D eigenvalue weighted by Gasteiger charge is 2.15. The Morgan fingerprint density at radius 3 is 2.53 bits per heavy atom. The zero-order valence-electron chi connectivity index (χ0n) is 8.18. The molecule has 0 radical (unpaired) electrons. The molecule has 0 amide bonds. The molecule has 80 valence electrons. The van der Waals surface area contributed by atoms with Gasteiger partial charge in [-0.05, 0) is 0 Å². The van der Waals surface area contributed by atoms with Crippen LogP contribution in [0.3, 0.4) is 0 Å². The van der Waals surface area contributed by atoms with Crippen molar-refractivity contribution >= 4 is 11.9 Å². The molecular formula is C9H9NO5. The minimum atomic E-state index is -1.17. The second-order valence-corrected chi connectivity index (χ2v) is 2.57. The molecule has 0 bridgehead atoms. The maximum atomic E-state index is 11.1. The van der Waals surface area contributed by atoms with E-state index in [0.29, 0.717) is 0 Å². The Morgan fingerprint density at radius 2 is 2.07 bits per heavy atom. The summed E-state index contributed by atoms with van der Waals surface area (Å²) in [4.78, 5) is 25.4. The van der Waals surface area contributed by atoms with Gasteiger partial charge in [0.25, 0.3) is 0 Å². The molecule has 1 aromatic heterocycles. The van der Waals surface area contributed by atoms with Crippen molar-refractivity contribution in [3.05, 3.63) is 23.5 Å². The number of rotatable bonds is 3. The average Bonchev–Trinajstić information content (AvgIpc) is 2.26. The maximum absolute atomic E-state index is 11.1. The summed E-state index contributed by atoms with van der Waals surface area (Å²) < 4.78 is 9.25. The molecule has 0 aromatic carbocycles. The first kappa shape index (κ1) is 11.0. The molecule has 15 heavy (non-hydrogen) atoms. The smallest absolute Gasteiger partial charge is 0.356 e. The van der Waals surface area contributed by atoms with Crippen LogP contribution in [-0.4, -0.2) is 36.2 Å². The summed E-state index contributed by atoms with van der Waals surface area (Å²) in [6.45, 7) is 0. The van der Waals surface area contributed by atoms with Crippen LogP contribution in [0.5, 0.6) is 5.75 Å². The van der Waals surface area contributed by atoms with Gasteiger partial charge in [-0.1, -0.05) is 0 Å². The fourth-order valence-corrected chi connectivity index (χ4v) is 0.983. The number of aromatic nitrogens is 1. The van der Waals surface area contributed by atoms with Crippen LogP contribution in [0.1, 0.15) is 20.8 Å². The number of hydrogen-bond acceptors (Lipinski definition) is 5. The van der Waals surface area contributed by atoms with E-state index in [2.05, 4.69) is 9.72 Å². The summed E-state index contributed by atoms with van der Waals surface area (Å²) in [5, 5.41) is 8.75. The molecule has 0 saturated carbocycles. The second-order valence-electron chi connectivity index (χ2n) is 2.57. The molecule has 0 aliphatic heterocycles. The second kappa shape index (κ2) is 4.41. The highest BCUT2D eigenvalue weighted by Crippen LogP contribution is 2.18. The van der Waals surface area contributed by atoms with Crippen molar-refractivity contribution in [2.24, 2.45) is 0 Å². The molecule has 1 N–H and O–H groups in total. The van der Waals surface area contributed by atoms with Crippen molar-refractivity contribution in [3.63, 3.8) is 0 Å². The van der Waals surface area contributed by atoms with Gasteiger partial charge >= 0.3 is 11.9 Å². The van der Waals surface area contributed by atoms with Crippen molar-refractivity contribution < 1.29 is 24.2 Å². The molecule has 0 aliphatic rings. The van der Waals surface area contributed by atoms with Gasteiger partial charge in [0, 0.05) is 12.3 Å². The lowest BCUT2D eigenvalue weighted by molar-refractivity contribution is 0.0590. The molecule has 1 rings (SSSR count). The van der Waals surface area contributed by atoms with Gasteiger partial charge in [-0.25, -0.2) is 14.6 Å². The van der Waals surface area contributed by atoms with Crippen LogP contribution in [0.4, 0.5) is 0 Å². The maximum Gasteiger partial charge on any atom is 0.356 e. The van der Waals surface area contributed by atoms with Crippen LogP contribution >= 0.6 is 0 Å². The number of carboxylic acids is 1. The lowest BCUT2D eigenvalue weighted by Crippen LogP contribution is -2.08. The zero-order chi connectivity index (χ0) is 11.4. The van der Waals surface area contributed by atoms with Crippen molar-refractivity contribution in [2.45, 2.75) is 0 Å². The molecule has 6 heteroatoms. The molecule has 1 heterocycles. The number of carboxylic acid groups (broad SMARTS) is 1. The molecule has 0 saturated heterocycles. The Hall–Kier alpha value is -2.11. The summed E-state index contributed by atoms with van der Waals surface area (Å²) in [6, 6.07) is 1.22. The first-order valence-electron chi connectivity index (χ1n) is 3.95. The standard InChI is InChI=1S/C9H9NO5/c1-14-7-3-6(9(13)15-2)10-4-5(7)8(11)12/h3-4H,1-2H3,(H,11,12). The third kappa shape index (κ3) is 2.22. The number of hydrogen-bond donors (Lipinski definition) is 1. The van der Waals surface area contributed by atoms with Gasteiger partial charge in [0.1, 0.15) is 11.3 Å². The van der Waals surface area contributed by atoms with E-state index in [-0.39, 0.29) is 17.0 Å². The third-order valence-electron chi connectivity index (χ3n) is 1.71. The molecule has 0 fully saturated rings. The van der Waals surface area contributed by atoms with Crippen LogP contribution in [0.15, 0.2) is 12.3 Å². The predicted molar refractivity (Wildman–Crippen MR) is 49.1 cm³/mol. The predicted octanol–water partition coefficient (Wildman–Crippen LogP) is 0.575. The Balaban J connectivity index is 3.19. The Morgan fingerprint density at radius 1 is 1.40 bits per heavy atom. The lowest BCUT2D eigenvalue weighted by Gasteiger charge is -2.05. The third-order valence-corrected chi connectivity index (χ3v) is 1.71. The minimum absolute atomic E-state index is 0.000602. The molecule has 6 nitrogen and oxygen atoms in total. The number of carbonyl (C=O) groups is 2. The van der Waals surface area contributed by atoms with E-state index in [4.69, 9.17) is 9.84 Å². The van der Waals surface area contributed by atoms with Crippen molar-refractivity contribution in [3.8, 4) is 5.75 Å². The molecule has 0 aliphatic carbocycles. The van der Waals surface area contributed by atoms with Crippen LogP contribution in [0.25, 0.3) is 0 Å². The summed E-state index contributed by atoms with van der Waals surface area (Å²) in [5.74, 6) is -1.75. The average molecular weight is 211 g/mol. The van der Waals surface area contributed by atoms with Crippen molar-refractivity contribution in [2.75, 3.05) is 14.2 Å². The summed E-state index contributed by atoms with van der Waals surface area (Å²) in [6.07, 6.45) is 1.05. The van der Waals surface area contributed by atoms with E-state index >= 15 is 0 Å². The van der Waals surface area contributed by atoms with Gasteiger partial charge in [0.15, 0.2) is 5.69 Å².